The standard InChI is InChI=1S/C22H36N4O3/c1-4-24-22(26-13-10-20(11-14-26)29-16-6-15-28-3)25-12-9-18-7-5-8-19(17-18)21(27)23-2/h5,7-8,17,20H,4,6,9-16H2,1-3H3,(H,23,27)(H,24,25). The molecule has 0 radical (unpaired) electrons. The van der Waals surface area contributed by atoms with Crippen LogP contribution in [0.2, 0.25) is 0 Å². The van der Waals surface area contributed by atoms with Gasteiger partial charge in [0.2, 0.25) is 0 Å². The normalized spacial score (nSPS) is 15.4. The number of piperidine rings is 1. The van der Waals surface area contributed by atoms with Crippen LogP contribution in [0, 0.1) is 0 Å². The molecule has 7 heteroatoms. The van der Waals surface area contributed by atoms with E-state index in [4.69, 9.17) is 14.5 Å². The molecule has 1 aromatic rings. The average Bonchev–Trinajstić information content (AvgIpc) is 2.76. The monoisotopic (exact) mass is 404 g/mol. The van der Waals surface area contributed by atoms with Crippen LogP contribution in [-0.4, -0.2) is 76.4 Å². The lowest BCUT2D eigenvalue weighted by Gasteiger charge is -2.34. The minimum atomic E-state index is -0.0593. The Morgan fingerprint density at radius 1 is 1.28 bits per heavy atom. The highest BCUT2D eigenvalue weighted by atomic mass is 16.5. The molecule has 2 N–H and O–H groups in total. The minimum Gasteiger partial charge on any atom is -0.385 e. The van der Waals surface area contributed by atoms with E-state index in [2.05, 4.69) is 22.5 Å². The molecule has 0 aromatic heterocycles. The summed E-state index contributed by atoms with van der Waals surface area (Å²) in [5.41, 5.74) is 1.81. The van der Waals surface area contributed by atoms with Crippen LogP contribution in [0.5, 0.6) is 0 Å². The molecular formula is C22H36N4O3. The Morgan fingerprint density at radius 2 is 2.07 bits per heavy atom. The van der Waals surface area contributed by atoms with Crippen LogP contribution in [0.4, 0.5) is 0 Å². The van der Waals surface area contributed by atoms with E-state index in [0.29, 0.717) is 18.2 Å². The molecule has 1 aromatic carbocycles. The van der Waals surface area contributed by atoms with E-state index < -0.39 is 0 Å². The summed E-state index contributed by atoms with van der Waals surface area (Å²) in [6.45, 7) is 7.04. The molecule has 0 saturated carbocycles. The Balaban J connectivity index is 1.83. The maximum atomic E-state index is 11.8. The van der Waals surface area contributed by atoms with Crippen LogP contribution < -0.4 is 10.6 Å². The highest BCUT2D eigenvalue weighted by Gasteiger charge is 2.21. The molecule has 0 aliphatic carbocycles. The van der Waals surface area contributed by atoms with E-state index in [1.807, 2.05) is 24.3 Å². The number of hydrogen-bond acceptors (Lipinski definition) is 4. The molecule has 29 heavy (non-hydrogen) atoms. The molecule has 0 bridgehead atoms. The summed E-state index contributed by atoms with van der Waals surface area (Å²) in [4.78, 5) is 18.9. The Labute approximate surface area is 174 Å². The molecule has 1 saturated heterocycles. The Hall–Kier alpha value is -2.12. The number of hydrogen-bond donors (Lipinski definition) is 2. The largest absolute Gasteiger partial charge is 0.385 e. The summed E-state index contributed by atoms with van der Waals surface area (Å²) in [6, 6.07) is 7.73. The van der Waals surface area contributed by atoms with E-state index >= 15 is 0 Å². The second kappa shape index (κ2) is 13.2. The van der Waals surface area contributed by atoms with Gasteiger partial charge >= 0.3 is 0 Å². The zero-order valence-corrected chi connectivity index (χ0v) is 18.1. The van der Waals surface area contributed by atoms with Crippen LogP contribution in [0.3, 0.4) is 0 Å². The summed E-state index contributed by atoms with van der Waals surface area (Å²) in [6.07, 6.45) is 4.12. The second-order valence-corrected chi connectivity index (χ2v) is 7.17. The molecule has 1 amide bonds. The number of methoxy groups -OCH3 is 1. The SMILES string of the molecule is CCNC(=NCCc1cccc(C(=O)NC)c1)N1CCC(OCCCOC)CC1. The number of benzene rings is 1. The number of rotatable bonds is 10. The molecule has 1 aliphatic heterocycles. The van der Waals surface area contributed by atoms with E-state index in [1.54, 1.807) is 14.2 Å². The molecule has 0 spiro atoms. The van der Waals surface area contributed by atoms with Crippen LogP contribution in [-0.2, 0) is 15.9 Å². The maximum absolute atomic E-state index is 11.8. The van der Waals surface area contributed by atoms with Crippen molar-refractivity contribution in [2.45, 2.75) is 38.7 Å². The van der Waals surface area contributed by atoms with Gasteiger partial charge < -0.3 is 25.0 Å². The van der Waals surface area contributed by atoms with E-state index in [9.17, 15) is 4.79 Å². The van der Waals surface area contributed by atoms with Gasteiger partial charge in [0.15, 0.2) is 5.96 Å². The molecule has 0 atom stereocenters. The first-order chi connectivity index (χ1) is 14.2. The van der Waals surface area contributed by atoms with Gasteiger partial charge in [-0.25, -0.2) is 0 Å². The number of aliphatic imine (C=N–C) groups is 1. The number of carbonyl (C=O) groups is 1. The van der Waals surface area contributed by atoms with Crippen molar-refractivity contribution in [3.05, 3.63) is 35.4 Å². The number of likely N-dealkylation sites (tertiary alicyclic amines) is 1. The van der Waals surface area contributed by atoms with Crippen molar-refractivity contribution in [2.75, 3.05) is 53.6 Å². The third kappa shape index (κ3) is 8.03. The highest BCUT2D eigenvalue weighted by molar-refractivity contribution is 5.94. The van der Waals surface area contributed by atoms with Crippen LogP contribution >= 0.6 is 0 Å². The first-order valence-electron chi connectivity index (χ1n) is 10.6. The molecule has 0 unspecified atom stereocenters. The zero-order valence-electron chi connectivity index (χ0n) is 18.1. The topological polar surface area (TPSA) is 75.2 Å². The lowest BCUT2D eigenvalue weighted by Crippen LogP contribution is -2.47. The van der Waals surface area contributed by atoms with Gasteiger partial charge in [-0.15, -0.1) is 0 Å². The summed E-state index contributed by atoms with van der Waals surface area (Å²) < 4.78 is 11.0. The molecule has 162 valence electrons. The number of carbonyl (C=O) groups excluding carboxylic acids is 1. The van der Waals surface area contributed by atoms with Crippen molar-refractivity contribution < 1.29 is 14.3 Å². The molecular weight excluding hydrogens is 368 g/mol. The maximum Gasteiger partial charge on any atom is 0.251 e. The second-order valence-electron chi connectivity index (χ2n) is 7.17. The smallest absolute Gasteiger partial charge is 0.251 e. The van der Waals surface area contributed by atoms with Gasteiger partial charge in [0, 0.05) is 59.1 Å². The van der Waals surface area contributed by atoms with Crippen molar-refractivity contribution in [3.63, 3.8) is 0 Å². The van der Waals surface area contributed by atoms with Gasteiger partial charge in [0.1, 0.15) is 0 Å². The molecule has 1 fully saturated rings. The van der Waals surface area contributed by atoms with Crippen LogP contribution in [0.15, 0.2) is 29.3 Å². The van der Waals surface area contributed by atoms with Gasteiger partial charge in [0.05, 0.1) is 6.10 Å². The highest BCUT2D eigenvalue weighted by Crippen LogP contribution is 2.14. The van der Waals surface area contributed by atoms with Gasteiger partial charge in [0.25, 0.3) is 5.91 Å². The third-order valence-electron chi connectivity index (χ3n) is 5.00. The van der Waals surface area contributed by atoms with Crippen LogP contribution in [0.1, 0.15) is 42.1 Å². The van der Waals surface area contributed by atoms with Gasteiger partial charge in [-0.2, -0.15) is 0 Å². The van der Waals surface area contributed by atoms with Crippen molar-refractivity contribution in [1.29, 1.82) is 0 Å². The predicted molar refractivity (Wildman–Crippen MR) is 117 cm³/mol. The van der Waals surface area contributed by atoms with E-state index in [0.717, 1.165) is 70.1 Å². The average molecular weight is 405 g/mol. The fraction of sp³-hybridized carbons (Fsp3) is 0.636. The lowest BCUT2D eigenvalue weighted by atomic mass is 10.1. The molecule has 1 aliphatic rings. The fourth-order valence-electron chi connectivity index (χ4n) is 3.42. The quantitative estimate of drug-likeness (QED) is 0.355. The first kappa shape index (κ1) is 23.2. The van der Waals surface area contributed by atoms with Crippen LogP contribution in [0.25, 0.3) is 0 Å². The third-order valence-corrected chi connectivity index (χ3v) is 5.00. The Bertz CT molecular complexity index is 643. The lowest BCUT2D eigenvalue weighted by molar-refractivity contribution is 0.00990. The van der Waals surface area contributed by atoms with E-state index in [-0.39, 0.29) is 5.91 Å². The number of nitrogens with zero attached hydrogens (tertiary/aromatic N) is 2. The van der Waals surface area contributed by atoms with Crippen molar-refractivity contribution in [2.24, 2.45) is 4.99 Å². The summed E-state index contributed by atoms with van der Waals surface area (Å²) in [7, 11) is 3.37. The van der Waals surface area contributed by atoms with Gasteiger partial charge in [-0.3, -0.25) is 9.79 Å². The molecule has 2 rings (SSSR count). The van der Waals surface area contributed by atoms with Gasteiger partial charge in [-0.1, -0.05) is 12.1 Å². The van der Waals surface area contributed by atoms with Crippen molar-refractivity contribution in [3.8, 4) is 0 Å². The fourth-order valence-corrected chi connectivity index (χ4v) is 3.42. The minimum absolute atomic E-state index is 0.0593. The van der Waals surface area contributed by atoms with Gasteiger partial charge in [-0.05, 0) is 50.3 Å². The zero-order chi connectivity index (χ0) is 20.9. The number of ether oxygens (including phenoxy) is 2. The summed E-state index contributed by atoms with van der Waals surface area (Å²) in [5, 5.41) is 6.07. The number of nitrogens with one attached hydrogen (secondary N) is 2. The molecule has 1 heterocycles. The summed E-state index contributed by atoms with van der Waals surface area (Å²) in [5.74, 6) is 0.906. The Kier molecular flexibility index (Phi) is 10.5. The number of amides is 1. The number of guanidine groups is 1. The summed E-state index contributed by atoms with van der Waals surface area (Å²) >= 11 is 0. The van der Waals surface area contributed by atoms with Crippen molar-refractivity contribution in [1.82, 2.24) is 15.5 Å². The predicted octanol–water partition coefficient (Wildman–Crippen LogP) is 2.07. The van der Waals surface area contributed by atoms with Crippen molar-refractivity contribution >= 4 is 11.9 Å². The Morgan fingerprint density at radius 3 is 2.76 bits per heavy atom. The first-order valence-corrected chi connectivity index (χ1v) is 10.6. The molecule has 7 nitrogen and oxygen atoms in total. The van der Waals surface area contributed by atoms with E-state index in [1.165, 1.54) is 0 Å².